The Balaban J connectivity index is 4.34. The second-order valence-electron chi connectivity index (χ2n) is 6.91. The lowest BCUT2D eigenvalue weighted by Gasteiger charge is -2.38. The second-order valence-corrected chi connectivity index (χ2v) is 6.91. The number of hydrogen-bond acceptors (Lipinski definition) is 4. The molecule has 0 aliphatic carbocycles. The largest absolute Gasteiger partial charge is 0.373 e. The van der Waals surface area contributed by atoms with Crippen molar-refractivity contribution in [1.82, 2.24) is 0 Å². The Kier molecular flexibility index (Phi) is 7.19. The summed E-state index contributed by atoms with van der Waals surface area (Å²) in [5.74, 6) is 0. The molecule has 4 heteroatoms. The molecule has 0 rings (SSSR count). The molecule has 0 spiro atoms. The average Bonchev–Trinajstić information content (AvgIpc) is 2.23. The summed E-state index contributed by atoms with van der Waals surface area (Å²) >= 11 is 0. The van der Waals surface area contributed by atoms with Crippen molar-refractivity contribution in [2.75, 3.05) is 13.2 Å². The van der Waals surface area contributed by atoms with Gasteiger partial charge in [0.15, 0.2) is 0 Å². The Morgan fingerprint density at radius 3 is 2.00 bits per heavy atom. The lowest BCUT2D eigenvalue weighted by atomic mass is 10.00. The molecular weight excluding hydrogens is 242 g/mol. The van der Waals surface area contributed by atoms with E-state index in [0.29, 0.717) is 26.0 Å². The molecule has 0 atom stereocenters. The smallest absolute Gasteiger partial charge is 0.120 e. The summed E-state index contributed by atoms with van der Waals surface area (Å²) in [4.78, 5) is 10.5. The summed E-state index contributed by atoms with van der Waals surface area (Å²) in [6.07, 6.45) is 2.98. The lowest BCUT2D eigenvalue weighted by molar-refractivity contribution is -0.175. The van der Waals surface area contributed by atoms with Crippen LogP contribution in [0.3, 0.4) is 0 Å². The minimum atomic E-state index is -0.391. The number of rotatable bonds is 10. The highest BCUT2D eigenvalue weighted by Gasteiger charge is 2.31. The van der Waals surface area contributed by atoms with Gasteiger partial charge in [-0.3, -0.25) is 0 Å². The van der Waals surface area contributed by atoms with E-state index in [-0.39, 0.29) is 11.2 Å². The summed E-state index contributed by atoms with van der Waals surface area (Å²) in [5, 5.41) is 0. The highest BCUT2D eigenvalue weighted by Crippen LogP contribution is 2.26. The number of ether oxygens (including phenoxy) is 2. The zero-order chi connectivity index (χ0) is 15.2. The van der Waals surface area contributed by atoms with Gasteiger partial charge in [0, 0.05) is 6.42 Å². The van der Waals surface area contributed by atoms with E-state index < -0.39 is 5.60 Å². The number of carbonyl (C=O) groups is 1. The first-order valence-corrected chi connectivity index (χ1v) is 7.01. The van der Waals surface area contributed by atoms with Crippen molar-refractivity contribution in [2.24, 2.45) is 5.73 Å². The minimum absolute atomic E-state index is 0.234. The van der Waals surface area contributed by atoms with Crippen LogP contribution in [0.25, 0.3) is 0 Å². The zero-order valence-electron chi connectivity index (χ0n) is 13.4. The van der Waals surface area contributed by atoms with Crippen molar-refractivity contribution >= 4 is 6.29 Å². The third-order valence-electron chi connectivity index (χ3n) is 2.97. The van der Waals surface area contributed by atoms with Crippen molar-refractivity contribution in [3.05, 3.63) is 0 Å². The summed E-state index contributed by atoms with van der Waals surface area (Å²) < 4.78 is 12.0. The van der Waals surface area contributed by atoms with Crippen LogP contribution in [0.15, 0.2) is 0 Å². The molecule has 0 heterocycles. The molecule has 0 saturated heterocycles. The molecule has 0 aromatic carbocycles. The fourth-order valence-corrected chi connectivity index (χ4v) is 2.02. The van der Waals surface area contributed by atoms with Crippen LogP contribution >= 0.6 is 0 Å². The van der Waals surface area contributed by atoms with Crippen molar-refractivity contribution < 1.29 is 14.3 Å². The van der Waals surface area contributed by atoms with Gasteiger partial charge >= 0.3 is 0 Å². The van der Waals surface area contributed by atoms with E-state index in [1.54, 1.807) is 0 Å². The van der Waals surface area contributed by atoms with Crippen molar-refractivity contribution in [3.63, 3.8) is 0 Å². The summed E-state index contributed by atoms with van der Waals surface area (Å²) in [6.45, 7) is 13.2. The van der Waals surface area contributed by atoms with Gasteiger partial charge in [0.2, 0.25) is 0 Å². The van der Waals surface area contributed by atoms with Gasteiger partial charge in [-0.25, -0.2) is 0 Å². The molecule has 0 aromatic heterocycles. The molecule has 0 radical (unpaired) electrons. The molecule has 0 aromatic rings. The molecule has 0 bridgehead atoms. The molecule has 0 fully saturated rings. The average molecular weight is 273 g/mol. The van der Waals surface area contributed by atoms with Crippen molar-refractivity contribution in [1.29, 1.82) is 0 Å². The van der Waals surface area contributed by atoms with E-state index in [1.807, 2.05) is 41.5 Å². The zero-order valence-corrected chi connectivity index (χ0v) is 13.4. The van der Waals surface area contributed by atoms with Crippen LogP contribution in [-0.4, -0.2) is 36.2 Å². The van der Waals surface area contributed by atoms with Crippen LogP contribution in [0.1, 0.15) is 60.8 Å². The van der Waals surface area contributed by atoms with E-state index >= 15 is 0 Å². The summed E-state index contributed by atoms with van der Waals surface area (Å²) in [7, 11) is 0. The van der Waals surface area contributed by atoms with Gasteiger partial charge in [0.25, 0.3) is 0 Å². The topological polar surface area (TPSA) is 61.6 Å². The maximum Gasteiger partial charge on any atom is 0.120 e. The Hall–Kier alpha value is -0.450. The highest BCUT2D eigenvalue weighted by atomic mass is 16.6. The normalized spacial score (nSPS) is 13.6. The maximum atomic E-state index is 10.5. The Morgan fingerprint density at radius 2 is 1.53 bits per heavy atom. The fraction of sp³-hybridized carbons (Fsp3) is 0.933. The first-order valence-electron chi connectivity index (χ1n) is 7.01. The predicted octanol–water partition coefficient (Wildman–Crippen LogP) is 2.68. The molecule has 0 aliphatic rings. The molecule has 0 amide bonds. The molecule has 4 nitrogen and oxygen atoms in total. The van der Waals surface area contributed by atoms with E-state index in [9.17, 15) is 4.79 Å². The molecule has 19 heavy (non-hydrogen) atoms. The van der Waals surface area contributed by atoms with E-state index in [2.05, 4.69) is 0 Å². The summed E-state index contributed by atoms with van der Waals surface area (Å²) in [5.41, 5.74) is 4.61. The van der Waals surface area contributed by atoms with Gasteiger partial charge in [-0.1, -0.05) is 0 Å². The first kappa shape index (κ1) is 18.6. The SMILES string of the molecule is CC(C)(CCN)OCC(C)(C)OC(C)(C)CCC=O. The van der Waals surface area contributed by atoms with Crippen molar-refractivity contribution in [3.8, 4) is 0 Å². The molecule has 0 unspecified atom stereocenters. The van der Waals surface area contributed by atoms with Crippen LogP contribution < -0.4 is 5.73 Å². The maximum absolute atomic E-state index is 10.5. The number of hydrogen-bond donors (Lipinski definition) is 1. The number of aldehydes is 1. The van der Waals surface area contributed by atoms with Crippen LogP contribution in [-0.2, 0) is 14.3 Å². The molecule has 0 saturated carbocycles. The Morgan fingerprint density at radius 1 is 0.947 bits per heavy atom. The second kappa shape index (κ2) is 7.36. The highest BCUT2D eigenvalue weighted by molar-refractivity contribution is 5.49. The van der Waals surface area contributed by atoms with Crippen LogP contribution in [0.4, 0.5) is 0 Å². The van der Waals surface area contributed by atoms with Gasteiger partial charge in [0.05, 0.1) is 23.4 Å². The van der Waals surface area contributed by atoms with E-state index in [0.717, 1.165) is 12.7 Å². The predicted molar refractivity (Wildman–Crippen MR) is 78.2 cm³/mol. The van der Waals surface area contributed by atoms with E-state index in [1.165, 1.54) is 0 Å². The summed E-state index contributed by atoms with van der Waals surface area (Å²) in [6, 6.07) is 0. The van der Waals surface area contributed by atoms with Gasteiger partial charge < -0.3 is 20.0 Å². The number of nitrogens with two attached hydrogens (primary N) is 1. The molecule has 2 N–H and O–H groups in total. The van der Waals surface area contributed by atoms with Gasteiger partial charge in [0.1, 0.15) is 6.29 Å². The van der Waals surface area contributed by atoms with Crippen molar-refractivity contribution in [2.45, 2.75) is 77.6 Å². The van der Waals surface area contributed by atoms with Crippen LogP contribution in [0.5, 0.6) is 0 Å². The minimum Gasteiger partial charge on any atom is -0.373 e. The molecular formula is C15H31NO3. The lowest BCUT2D eigenvalue weighted by Crippen LogP contribution is -2.43. The monoisotopic (exact) mass is 273 g/mol. The Bertz CT molecular complexity index is 273. The third kappa shape index (κ3) is 9.14. The number of carbonyl (C=O) groups excluding carboxylic acids is 1. The van der Waals surface area contributed by atoms with Crippen LogP contribution in [0.2, 0.25) is 0 Å². The molecule has 0 aliphatic heterocycles. The van der Waals surface area contributed by atoms with Crippen LogP contribution in [0, 0.1) is 0 Å². The van der Waals surface area contributed by atoms with Gasteiger partial charge in [-0.2, -0.15) is 0 Å². The third-order valence-corrected chi connectivity index (χ3v) is 2.97. The van der Waals surface area contributed by atoms with Gasteiger partial charge in [-0.05, 0) is 60.9 Å². The van der Waals surface area contributed by atoms with E-state index in [4.69, 9.17) is 15.2 Å². The Labute approximate surface area is 118 Å². The fourth-order valence-electron chi connectivity index (χ4n) is 2.02. The first-order chi connectivity index (χ1) is 8.54. The quantitative estimate of drug-likeness (QED) is 0.622. The standard InChI is InChI=1S/C15H31NO3/c1-13(2,9-10-16)18-12-15(5,6)19-14(3,4)8-7-11-17/h11H,7-10,12,16H2,1-6H3. The van der Waals surface area contributed by atoms with Gasteiger partial charge in [-0.15, -0.1) is 0 Å². The molecule has 114 valence electrons.